The smallest absolute Gasteiger partial charge is 0.216 e. The molecule has 1 heterocycles. The molecule has 2 atom stereocenters. The number of hydrogen-bond acceptors (Lipinski definition) is 2. The minimum absolute atomic E-state index is 0.107. The van der Waals surface area contributed by atoms with E-state index in [1.807, 2.05) is 0 Å². The molecule has 0 amide bonds. The number of hydrogen-bond donors (Lipinski definition) is 1. The van der Waals surface area contributed by atoms with Gasteiger partial charge in [-0.1, -0.05) is 0 Å². The van der Waals surface area contributed by atoms with Crippen LogP contribution in [-0.4, -0.2) is 31.2 Å². The van der Waals surface area contributed by atoms with Crippen LogP contribution < -0.4 is 5.14 Å². The van der Waals surface area contributed by atoms with E-state index in [2.05, 4.69) is 0 Å². The predicted molar refractivity (Wildman–Crippen MR) is 50.5 cm³/mol. The Morgan fingerprint density at radius 3 is 2.33 bits per heavy atom. The fourth-order valence-corrected chi connectivity index (χ4v) is 3.49. The summed E-state index contributed by atoms with van der Waals surface area (Å²) in [5.74, 6) is -2.61. The third-order valence-corrected chi connectivity index (χ3v) is 4.72. The third-order valence-electron chi connectivity index (χ3n) is 3.53. The zero-order chi connectivity index (χ0) is 11.5. The largest absolute Gasteiger partial charge is 0.277 e. The van der Waals surface area contributed by atoms with Crippen LogP contribution in [0, 0.1) is 5.41 Å². The molecule has 7 heteroatoms. The van der Waals surface area contributed by atoms with Crippen LogP contribution in [0.3, 0.4) is 0 Å². The molecule has 15 heavy (non-hydrogen) atoms. The number of nitrogens with two attached hydrogens (primary N) is 1. The van der Waals surface area contributed by atoms with E-state index in [1.54, 1.807) is 6.92 Å². The van der Waals surface area contributed by atoms with E-state index in [1.165, 1.54) is 0 Å². The number of nitrogens with zero attached hydrogens (tertiary/aromatic N) is 1. The van der Waals surface area contributed by atoms with Gasteiger partial charge in [-0.15, -0.1) is 0 Å². The number of rotatable bonds is 1. The summed E-state index contributed by atoms with van der Waals surface area (Å²) in [4.78, 5) is 0. The van der Waals surface area contributed by atoms with E-state index >= 15 is 0 Å². The summed E-state index contributed by atoms with van der Waals surface area (Å²) in [6.07, 6.45) is 0.306. The summed E-state index contributed by atoms with van der Waals surface area (Å²) in [5.41, 5.74) is -0.951. The Labute approximate surface area is 87.6 Å². The van der Waals surface area contributed by atoms with Gasteiger partial charge in [0, 0.05) is 24.4 Å². The molecule has 0 aromatic heterocycles. The van der Waals surface area contributed by atoms with E-state index < -0.39 is 27.6 Å². The van der Waals surface area contributed by atoms with Gasteiger partial charge in [0.1, 0.15) is 0 Å². The maximum atomic E-state index is 13.1. The lowest BCUT2D eigenvalue weighted by atomic mass is 9.89. The van der Waals surface area contributed by atoms with Crippen molar-refractivity contribution in [3.63, 3.8) is 0 Å². The molecular formula is C8H14F2N2O2S. The molecule has 1 aliphatic heterocycles. The highest BCUT2D eigenvalue weighted by molar-refractivity contribution is 7.86. The Kier molecular flexibility index (Phi) is 2.16. The van der Waals surface area contributed by atoms with Gasteiger partial charge in [0.25, 0.3) is 16.1 Å². The normalized spacial score (nSPS) is 40.7. The minimum Gasteiger partial charge on any atom is -0.216 e. The van der Waals surface area contributed by atoms with Crippen molar-refractivity contribution in [3.05, 3.63) is 0 Å². The van der Waals surface area contributed by atoms with Crippen LogP contribution >= 0.6 is 0 Å². The molecule has 4 nitrogen and oxygen atoms in total. The highest BCUT2D eigenvalue weighted by Gasteiger charge is 2.71. The number of alkyl halides is 2. The van der Waals surface area contributed by atoms with Gasteiger partial charge in [0.2, 0.25) is 0 Å². The maximum absolute atomic E-state index is 13.1. The first kappa shape index (κ1) is 11.2. The van der Waals surface area contributed by atoms with E-state index in [4.69, 9.17) is 5.14 Å². The Hall–Kier alpha value is -0.270. The lowest BCUT2D eigenvalue weighted by molar-refractivity contribution is 0.0316. The Morgan fingerprint density at radius 2 is 2.00 bits per heavy atom. The van der Waals surface area contributed by atoms with Crippen molar-refractivity contribution in [1.82, 2.24) is 4.31 Å². The third kappa shape index (κ3) is 1.66. The van der Waals surface area contributed by atoms with Gasteiger partial charge in [-0.05, 0) is 19.8 Å². The van der Waals surface area contributed by atoms with Crippen LogP contribution in [0.25, 0.3) is 0 Å². The van der Waals surface area contributed by atoms with Crippen molar-refractivity contribution in [2.45, 2.75) is 38.2 Å². The van der Waals surface area contributed by atoms with Gasteiger partial charge < -0.3 is 0 Å². The highest BCUT2D eigenvalue weighted by atomic mass is 32.2. The standard InChI is InChI=1S/C8H14F2N2O2S/c1-6-4-7(5-8(7,9)10)2-3-12(6)15(11,13)14/h6H,2-5H2,1H3,(H2,11,13,14). The van der Waals surface area contributed by atoms with E-state index in [0.29, 0.717) is 0 Å². The lowest BCUT2D eigenvalue weighted by Crippen LogP contribution is -2.48. The molecule has 2 aliphatic rings. The fourth-order valence-electron chi connectivity index (χ4n) is 2.57. The second kappa shape index (κ2) is 2.89. The van der Waals surface area contributed by atoms with E-state index in [0.717, 1.165) is 4.31 Å². The second-order valence-corrected chi connectivity index (χ2v) is 6.12. The predicted octanol–water partition coefficient (Wildman–Crippen LogP) is 0.700. The summed E-state index contributed by atoms with van der Waals surface area (Å²) < 4.78 is 49.5. The zero-order valence-corrected chi connectivity index (χ0v) is 9.23. The summed E-state index contributed by atoms with van der Waals surface area (Å²) in [6, 6.07) is -0.429. The lowest BCUT2D eigenvalue weighted by Gasteiger charge is -2.35. The molecule has 1 aliphatic carbocycles. The van der Waals surface area contributed by atoms with Crippen molar-refractivity contribution >= 4 is 10.2 Å². The van der Waals surface area contributed by atoms with E-state index in [-0.39, 0.29) is 25.8 Å². The van der Waals surface area contributed by atoms with Gasteiger partial charge in [-0.2, -0.15) is 12.7 Å². The van der Waals surface area contributed by atoms with Crippen molar-refractivity contribution in [1.29, 1.82) is 0 Å². The molecule has 2 rings (SSSR count). The van der Waals surface area contributed by atoms with Crippen LogP contribution in [0.5, 0.6) is 0 Å². The van der Waals surface area contributed by atoms with Crippen LogP contribution in [0.1, 0.15) is 26.2 Å². The van der Waals surface area contributed by atoms with Gasteiger partial charge in [-0.3, -0.25) is 0 Å². The molecule has 0 aromatic carbocycles. The molecule has 0 aromatic rings. The van der Waals surface area contributed by atoms with Crippen LogP contribution in [0.2, 0.25) is 0 Å². The first-order valence-electron chi connectivity index (χ1n) is 4.85. The quantitative estimate of drug-likeness (QED) is 0.733. The molecule has 88 valence electrons. The molecule has 2 fully saturated rings. The molecule has 2 N–H and O–H groups in total. The minimum atomic E-state index is -3.75. The first-order valence-corrected chi connectivity index (χ1v) is 6.36. The topological polar surface area (TPSA) is 63.4 Å². The highest BCUT2D eigenvalue weighted by Crippen LogP contribution is 2.66. The molecular weight excluding hydrogens is 226 g/mol. The van der Waals surface area contributed by atoms with Crippen LogP contribution in [0.4, 0.5) is 8.78 Å². The van der Waals surface area contributed by atoms with Crippen molar-refractivity contribution < 1.29 is 17.2 Å². The molecule has 0 bridgehead atoms. The van der Waals surface area contributed by atoms with Gasteiger partial charge in [-0.25, -0.2) is 13.9 Å². The SMILES string of the molecule is CC1CC2(CCN1S(N)(=O)=O)CC2(F)F. The molecule has 1 spiro atoms. The molecule has 0 radical (unpaired) electrons. The monoisotopic (exact) mass is 240 g/mol. The van der Waals surface area contributed by atoms with Crippen LogP contribution in [0.15, 0.2) is 0 Å². The first-order chi connectivity index (χ1) is 6.68. The summed E-state index contributed by atoms with van der Waals surface area (Å²) in [5, 5.41) is 4.99. The maximum Gasteiger partial charge on any atom is 0.277 e. The Bertz CT molecular complexity index is 384. The second-order valence-electron chi connectivity index (χ2n) is 4.62. The summed E-state index contributed by atoms with van der Waals surface area (Å²) >= 11 is 0. The van der Waals surface area contributed by atoms with Gasteiger partial charge in [0.05, 0.1) is 0 Å². The van der Waals surface area contributed by atoms with Crippen molar-refractivity contribution in [3.8, 4) is 0 Å². The molecule has 2 unspecified atom stereocenters. The summed E-state index contributed by atoms with van der Waals surface area (Å²) in [7, 11) is -3.75. The summed E-state index contributed by atoms with van der Waals surface area (Å²) in [6.45, 7) is 1.73. The van der Waals surface area contributed by atoms with Gasteiger partial charge >= 0.3 is 0 Å². The Balaban J connectivity index is 2.12. The zero-order valence-electron chi connectivity index (χ0n) is 8.41. The van der Waals surface area contributed by atoms with Crippen molar-refractivity contribution in [2.75, 3.05) is 6.54 Å². The van der Waals surface area contributed by atoms with Crippen molar-refractivity contribution in [2.24, 2.45) is 10.6 Å². The van der Waals surface area contributed by atoms with E-state index in [9.17, 15) is 17.2 Å². The fraction of sp³-hybridized carbons (Fsp3) is 1.00. The average molecular weight is 240 g/mol. The van der Waals surface area contributed by atoms with Crippen LogP contribution in [-0.2, 0) is 10.2 Å². The Morgan fingerprint density at radius 1 is 1.47 bits per heavy atom. The molecule has 1 saturated carbocycles. The number of halogens is 2. The average Bonchev–Trinajstić information content (AvgIpc) is 2.48. The van der Waals surface area contributed by atoms with Gasteiger partial charge in [0.15, 0.2) is 0 Å². The number of piperidine rings is 1. The molecule has 1 saturated heterocycles.